The minimum absolute atomic E-state index is 0.110. The fourth-order valence-electron chi connectivity index (χ4n) is 1.46. The van der Waals surface area contributed by atoms with Gasteiger partial charge in [0.1, 0.15) is 11.2 Å². The first-order chi connectivity index (χ1) is 8.15. The van der Waals surface area contributed by atoms with Gasteiger partial charge in [0.15, 0.2) is 0 Å². The third kappa shape index (κ3) is 3.15. The quantitative estimate of drug-likeness (QED) is 0.636. The van der Waals surface area contributed by atoms with Crippen molar-refractivity contribution in [1.29, 1.82) is 0 Å². The van der Waals surface area contributed by atoms with Crippen LogP contribution >= 0.6 is 11.6 Å². The van der Waals surface area contributed by atoms with Gasteiger partial charge in [0, 0.05) is 18.4 Å². The van der Waals surface area contributed by atoms with E-state index in [1.165, 1.54) is 6.20 Å². The Morgan fingerprint density at radius 3 is 3.06 bits per heavy atom. The van der Waals surface area contributed by atoms with Crippen LogP contribution in [0.4, 0.5) is 5.69 Å². The van der Waals surface area contributed by atoms with Crippen LogP contribution in [-0.2, 0) is 9.59 Å². The Morgan fingerprint density at radius 2 is 2.41 bits per heavy atom. The number of nitrogens with one attached hydrogen (secondary N) is 3. The highest BCUT2D eigenvalue weighted by molar-refractivity contribution is 6.29. The molecule has 1 saturated heterocycles. The summed E-state index contributed by atoms with van der Waals surface area (Å²) in [5.74, 6) is -0.326. The van der Waals surface area contributed by atoms with Gasteiger partial charge < -0.3 is 10.6 Å². The Hall–Kier alpha value is -1.66. The molecule has 17 heavy (non-hydrogen) atoms. The number of rotatable bonds is 2. The van der Waals surface area contributed by atoms with E-state index in [9.17, 15) is 9.59 Å². The summed E-state index contributed by atoms with van der Waals surface area (Å²) >= 11 is 5.70. The maximum atomic E-state index is 11.8. The summed E-state index contributed by atoms with van der Waals surface area (Å²) in [7, 11) is 0. The van der Waals surface area contributed by atoms with Gasteiger partial charge in [-0.05, 0) is 12.1 Å². The first-order valence-electron chi connectivity index (χ1n) is 5.07. The molecule has 1 atom stereocenters. The molecule has 2 heterocycles. The van der Waals surface area contributed by atoms with Crippen molar-refractivity contribution in [3.05, 3.63) is 23.5 Å². The fourth-order valence-corrected chi connectivity index (χ4v) is 1.64. The van der Waals surface area contributed by atoms with Crippen LogP contribution in [0.5, 0.6) is 0 Å². The molecule has 0 saturated carbocycles. The Bertz CT molecular complexity index is 442. The second-order valence-corrected chi connectivity index (χ2v) is 3.98. The summed E-state index contributed by atoms with van der Waals surface area (Å²) in [4.78, 5) is 26.5. The lowest BCUT2D eigenvalue weighted by atomic mass is 10.2. The summed E-state index contributed by atoms with van der Waals surface area (Å²) in [5, 5.41) is 8.44. The van der Waals surface area contributed by atoms with Crippen LogP contribution in [0.25, 0.3) is 0 Å². The minimum Gasteiger partial charge on any atom is -0.353 e. The number of carbonyl (C=O) groups excluding carboxylic acids is 2. The molecule has 2 rings (SSSR count). The minimum atomic E-state index is -0.431. The molecule has 90 valence electrons. The molecule has 0 aliphatic carbocycles. The van der Waals surface area contributed by atoms with Crippen LogP contribution in [-0.4, -0.2) is 35.9 Å². The maximum Gasteiger partial charge on any atom is 0.243 e. The van der Waals surface area contributed by atoms with Crippen molar-refractivity contribution < 1.29 is 9.59 Å². The SMILES string of the molecule is O=C1CNC(C(=O)Nc2ccnc(Cl)c2)CN1. The molecule has 2 amide bonds. The van der Waals surface area contributed by atoms with Crippen LogP contribution in [0.15, 0.2) is 18.3 Å². The molecule has 1 aliphatic heterocycles. The van der Waals surface area contributed by atoms with Crippen molar-refractivity contribution in [3.8, 4) is 0 Å². The number of halogens is 1. The number of piperazine rings is 1. The van der Waals surface area contributed by atoms with Crippen LogP contribution in [0.3, 0.4) is 0 Å². The maximum absolute atomic E-state index is 11.8. The van der Waals surface area contributed by atoms with Gasteiger partial charge in [-0.15, -0.1) is 0 Å². The Morgan fingerprint density at radius 1 is 1.59 bits per heavy atom. The first-order valence-corrected chi connectivity index (χ1v) is 5.45. The standard InChI is InChI=1S/C10H11ClN4O2/c11-8-3-6(1-2-12-8)15-10(17)7-4-14-9(16)5-13-7/h1-3,7,13H,4-5H2,(H,14,16)(H,12,15,17). The van der Waals surface area contributed by atoms with E-state index in [-0.39, 0.29) is 24.9 Å². The molecule has 1 fully saturated rings. The number of hydrogen-bond acceptors (Lipinski definition) is 4. The number of nitrogens with zero attached hydrogens (tertiary/aromatic N) is 1. The molecule has 0 aromatic carbocycles. The molecule has 0 bridgehead atoms. The number of anilines is 1. The van der Waals surface area contributed by atoms with Crippen molar-refractivity contribution in [2.75, 3.05) is 18.4 Å². The third-order valence-electron chi connectivity index (χ3n) is 2.32. The number of hydrogen-bond donors (Lipinski definition) is 3. The van der Waals surface area contributed by atoms with Crippen LogP contribution in [0.1, 0.15) is 0 Å². The second kappa shape index (κ2) is 5.11. The predicted octanol–water partition coefficient (Wildman–Crippen LogP) is -0.239. The topological polar surface area (TPSA) is 83.1 Å². The molecule has 1 aromatic heterocycles. The van der Waals surface area contributed by atoms with Crippen molar-refractivity contribution in [2.24, 2.45) is 0 Å². The van der Waals surface area contributed by atoms with Gasteiger partial charge in [-0.2, -0.15) is 0 Å². The summed E-state index contributed by atoms with van der Waals surface area (Å²) in [6, 6.07) is 2.77. The van der Waals surface area contributed by atoms with Gasteiger partial charge in [-0.3, -0.25) is 14.9 Å². The van der Waals surface area contributed by atoms with E-state index in [4.69, 9.17) is 11.6 Å². The molecule has 0 spiro atoms. The fraction of sp³-hybridized carbons (Fsp3) is 0.300. The highest BCUT2D eigenvalue weighted by atomic mass is 35.5. The summed E-state index contributed by atoms with van der Waals surface area (Å²) < 4.78 is 0. The summed E-state index contributed by atoms with van der Waals surface area (Å²) in [5.41, 5.74) is 0.578. The third-order valence-corrected chi connectivity index (χ3v) is 2.53. The monoisotopic (exact) mass is 254 g/mol. The zero-order valence-electron chi connectivity index (χ0n) is 8.87. The van der Waals surface area contributed by atoms with Crippen molar-refractivity contribution in [2.45, 2.75) is 6.04 Å². The van der Waals surface area contributed by atoms with Gasteiger partial charge >= 0.3 is 0 Å². The molecule has 1 aliphatic rings. The Balaban J connectivity index is 1.95. The number of aromatic nitrogens is 1. The summed E-state index contributed by atoms with van der Waals surface area (Å²) in [6.45, 7) is 0.429. The van der Waals surface area contributed by atoms with E-state index in [0.717, 1.165) is 0 Å². The largest absolute Gasteiger partial charge is 0.353 e. The van der Waals surface area contributed by atoms with Crippen molar-refractivity contribution >= 4 is 29.1 Å². The van der Waals surface area contributed by atoms with Crippen LogP contribution < -0.4 is 16.0 Å². The predicted molar refractivity (Wildman–Crippen MR) is 62.7 cm³/mol. The highest BCUT2D eigenvalue weighted by Crippen LogP contribution is 2.12. The van der Waals surface area contributed by atoms with Crippen LogP contribution in [0.2, 0.25) is 5.15 Å². The molecule has 3 N–H and O–H groups in total. The molecule has 6 nitrogen and oxygen atoms in total. The first kappa shape index (κ1) is 11.8. The van der Waals surface area contributed by atoms with Gasteiger partial charge in [0.2, 0.25) is 11.8 Å². The average molecular weight is 255 g/mol. The number of pyridine rings is 1. The van der Waals surface area contributed by atoms with E-state index in [1.807, 2.05) is 0 Å². The van der Waals surface area contributed by atoms with Crippen molar-refractivity contribution in [1.82, 2.24) is 15.6 Å². The normalized spacial score (nSPS) is 19.6. The number of carbonyl (C=O) groups is 2. The van der Waals surface area contributed by atoms with E-state index in [2.05, 4.69) is 20.9 Å². The molecule has 0 radical (unpaired) electrons. The zero-order valence-corrected chi connectivity index (χ0v) is 9.62. The zero-order chi connectivity index (χ0) is 12.3. The lowest BCUT2D eigenvalue weighted by molar-refractivity contribution is -0.124. The van der Waals surface area contributed by atoms with E-state index < -0.39 is 6.04 Å². The molecule has 1 aromatic rings. The molecule has 7 heteroatoms. The molecule has 1 unspecified atom stereocenters. The Kier molecular flexibility index (Phi) is 3.55. The van der Waals surface area contributed by atoms with Crippen LogP contribution in [0, 0.1) is 0 Å². The molecular weight excluding hydrogens is 244 g/mol. The average Bonchev–Trinajstić information content (AvgIpc) is 2.29. The van der Waals surface area contributed by atoms with Gasteiger partial charge in [-0.1, -0.05) is 11.6 Å². The molecular formula is C10H11ClN4O2. The van der Waals surface area contributed by atoms with E-state index in [1.54, 1.807) is 12.1 Å². The van der Waals surface area contributed by atoms with Gasteiger partial charge in [0.25, 0.3) is 0 Å². The second-order valence-electron chi connectivity index (χ2n) is 3.59. The highest BCUT2D eigenvalue weighted by Gasteiger charge is 2.23. The van der Waals surface area contributed by atoms with Crippen molar-refractivity contribution in [3.63, 3.8) is 0 Å². The summed E-state index contributed by atoms with van der Waals surface area (Å²) in [6.07, 6.45) is 1.51. The Labute approximate surface area is 103 Å². The lowest BCUT2D eigenvalue weighted by Crippen LogP contribution is -2.56. The van der Waals surface area contributed by atoms with Gasteiger partial charge in [-0.25, -0.2) is 4.98 Å². The van der Waals surface area contributed by atoms with Gasteiger partial charge in [0.05, 0.1) is 6.54 Å². The lowest BCUT2D eigenvalue weighted by Gasteiger charge is -2.23. The smallest absolute Gasteiger partial charge is 0.243 e. The number of amides is 2. The van der Waals surface area contributed by atoms with E-state index >= 15 is 0 Å². The van der Waals surface area contributed by atoms with E-state index in [0.29, 0.717) is 10.8 Å².